The minimum atomic E-state index is -1.35. The van der Waals surface area contributed by atoms with Crippen LogP contribution in [0.1, 0.15) is 11.1 Å². The maximum absolute atomic E-state index is 13.1. The van der Waals surface area contributed by atoms with Gasteiger partial charge in [0, 0.05) is 46.1 Å². The van der Waals surface area contributed by atoms with E-state index in [0.29, 0.717) is 22.7 Å². The molecule has 1 aliphatic heterocycles. The first kappa shape index (κ1) is 17.9. The lowest BCUT2D eigenvalue weighted by Gasteiger charge is -2.28. The Morgan fingerprint density at radius 1 is 1.36 bits per heavy atom. The highest BCUT2D eigenvalue weighted by atomic mass is 35.5. The van der Waals surface area contributed by atoms with Gasteiger partial charge in [-0.05, 0) is 29.8 Å². The highest BCUT2D eigenvalue weighted by molar-refractivity contribution is 7.71. The number of alkyl halides is 1. The number of fused-ring (bicyclic) bond motifs is 1. The molecule has 0 aliphatic carbocycles. The summed E-state index contributed by atoms with van der Waals surface area (Å²) < 4.78 is 18.8. The van der Waals surface area contributed by atoms with Crippen molar-refractivity contribution in [2.24, 2.45) is 5.73 Å². The van der Waals surface area contributed by atoms with Crippen LogP contribution in [0.5, 0.6) is 0 Å². The van der Waals surface area contributed by atoms with Crippen molar-refractivity contribution in [3.8, 4) is 0 Å². The number of hydrogen-bond donors (Lipinski definition) is 2. The fourth-order valence-electron chi connectivity index (χ4n) is 2.82. The lowest BCUT2D eigenvalue weighted by molar-refractivity contribution is -0.114. The SMILES string of the molecule is COP(C1=C(C(N)=O)CNc2ccc(Cl)cc21)c1cccc(CF)c1. The molecule has 7 heteroatoms. The van der Waals surface area contributed by atoms with E-state index >= 15 is 0 Å². The van der Waals surface area contributed by atoms with Crippen molar-refractivity contribution < 1.29 is 13.7 Å². The summed E-state index contributed by atoms with van der Waals surface area (Å²) in [7, 11) is 0.224. The number of amides is 1. The van der Waals surface area contributed by atoms with Crippen LogP contribution in [-0.2, 0) is 16.0 Å². The van der Waals surface area contributed by atoms with Crippen molar-refractivity contribution in [1.82, 2.24) is 0 Å². The Hall–Kier alpha value is -1.94. The molecule has 1 heterocycles. The third-order valence-corrected chi connectivity index (χ3v) is 6.23. The van der Waals surface area contributed by atoms with E-state index in [-0.39, 0.29) is 0 Å². The third-order valence-electron chi connectivity index (χ3n) is 3.96. The molecule has 3 rings (SSSR count). The zero-order chi connectivity index (χ0) is 18.0. The molecule has 3 N–H and O–H groups in total. The van der Waals surface area contributed by atoms with Gasteiger partial charge in [0.2, 0.25) is 5.91 Å². The third kappa shape index (κ3) is 3.54. The summed E-state index contributed by atoms with van der Waals surface area (Å²) in [4.78, 5) is 12.0. The molecule has 0 radical (unpaired) electrons. The highest BCUT2D eigenvalue weighted by Crippen LogP contribution is 2.54. The Morgan fingerprint density at radius 3 is 2.84 bits per heavy atom. The fraction of sp³-hybridized carbons (Fsp3) is 0.167. The van der Waals surface area contributed by atoms with E-state index in [1.807, 2.05) is 12.1 Å². The minimum absolute atomic E-state index is 0.310. The van der Waals surface area contributed by atoms with Crippen molar-refractivity contribution in [3.05, 3.63) is 64.2 Å². The molecule has 1 atom stereocenters. The number of carbonyl (C=O) groups excluding carboxylic acids is 1. The van der Waals surface area contributed by atoms with Gasteiger partial charge >= 0.3 is 0 Å². The van der Waals surface area contributed by atoms with Crippen molar-refractivity contribution >= 4 is 42.0 Å². The fourth-order valence-corrected chi connectivity index (χ4v) is 4.99. The molecule has 0 aromatic heterocycles. The second-order valence-electron chi connectivity index (χ2n) is 5.52. The molecule has 1 aliphatic rings. The Labute approximate surface area is 151 Å². The quantitative estimate of drug-likeness (QED) is 0.778. The van der Waals surface area contributed by atoms with Gasteiger partial charge in [-0.25, -0.2) is 4.39 Å². The van der Waals surface area contributed by atoms with Gasteiger partial charge in [0.15, 0.2) is 0 Å². The second-order valence-corrected chi connectivity index (χ2v) is 7.87. The van der Waals surface area contributed by atoms with E-state index in [0.717, 1.165) is 21.9 Å². The van der Waals surface area contributed by atoms with Gasteiger partial charge in [-0.3, -0.25) is 4.79 Å². The van der Waals surface area contributed by atoms with Gasteiger partial charge in [-0.15, -0.1) is 0 Å². The van der Waals surface area contributed by atoms with Crippen LogP contribution >= 0.6 is 19.7 Å². The van der Waals surface area contributed by atoms with Gasteiger partial charge < -0.3 is 15.6 Å². The number of benzene rings is 2. The molecule has 130 valence electrons. The monoisotopic (exact) mass is 378 g/mol. The summed E-state index contributed by atoms with van der Waals surface area (Å²) in [6.45, 7) is -0.253. The number of carbonyl (C=O) groups is 1. The maximum Gasteiger partial charge on any atom is 0.247 e. The molecule has 1 amide bonds. The molecule has 2 aromatic carbocycles. The molecule has 0 bridgehead atoms. The van der Waals surface area contributed by atoms with Gasteiger partial charge in [0.05, 0.1) is 8.15 Å². The van der Waals surface area contributed by atoms with Gasteiger partial charge in [0.1, 0.15) is 6.67 Å². The van der Waals surface area contributed by atoms with Crippen LogP contribution in [-0.4, -0.2) is 19.6 Å². The van der Waals surface area contributed by atoms with Crippen LogP contribution in [0, 0.1) is 0 Å². The number of nitrogens with one attached hydrogen (secondary N) is 1. The van der Waals surface area contributed by atoms with E-state index in [2.05, 4.69) is 5.32 Å². The lowest BCUT2D eigenvalue weighted by atomic mass is 10.0. The van der Waals surface area contributed by atoms with Crippen molar-refractivity contribution in [2.75, 3.05) is 19.0 Å². The first-order valence-corrected chi connectivity index (χ1v) is 9.24. The van der Waals surface area contributed by atoms with Crippen LogP contribution in [0.4, 0.5) is 10.1 Å². The molecule has 0 saturated heterocycles. The standard InChI is InChI=1S/C18H17ClFN2O2P/c1-24-25(13-4-2-3-11(7-13)9-20)17-14-8-12(19)5-6-16(14)22-10-15(17)18(21)23/h2-8,22H,9-10H2,1H3,(H2,21,23). The zero-order valence-corrected chi connectivity index (χ0v) is 15.2. The molecule has 4 nitrogen and oxygen atoms in total. The smallest absolute Gasteiger partial charge is 0.247 e. The minimum Gasteiger partial charge on any atom is -0.380 e. The Bertz CT molecular complexity index is 857. The number of primary amides is 1. The average Bonchev–Trinajstić information content (AvgIpc) is 2.62. The van der Waals surface area contributed by atoms with E-state index < -0.39 is 20.7 Å². The molecule has 0 fully saturated rings. The topological polar surface area (TPSA) is 64.3 Å². The molecule has 0 spiro atoms. The van der Waals surface area contributed by atoms with Gasteiger partial charge in [-0.1, -0.05) is 29.8 Å². The van der Waals surface area contributed by atoms with Crippen LogP contribution in [0.3, 0.4) is 0 Å². The van der Waals surface area contributed by atoms with E-state index in [1.54, 1.807) is 37.4 Å². The number of rotatable bonds is 5. The molecule has 0 saturated carbocycles. The number of halogens is 2. The first-order valence-electron chi connectivity index (χ1n) is 7.61. The molecular formula is C18H17ClFN2O2P. The second kappa shape index (κ2) is 7.52. The zero-order valence-electron chi connectivity index (χ0n) is 13.6. The maximum atomic E-state index is 13.1. The van der Waals surface area contributed by atoms with E-state index in [4.69, 9.17) is 21.9 Å². The highest BCUT2D eigenvalue weighted by Gasteiger charge is 2.30. The average molecular weight is 379 g/mol. The summed E-state index contributed by atoms with van der Waals surface area (Å²) in [6.07, 6.45) is 0. The predicted molar refractivity (Wildman–Crippen MR) is 101 cm³/mol. The van der Waals surface area contributed by atoms with Crippen molar-refractivity contribution in [1.29, 1.82) is 0 Å². The largest absolute Gasteiger partial charge is 0.380 e. The number of hydrogen-bond acceptors (Lipinski definition) is 3. The summed E-state index contributed by atoms with van der Waals surface area (Å²) in [5, 5.41) is 5.26. The van der Waals surface area contributed by atoms with Crippen LogP contribution in [0.2, 0.25) is 5.02 Å². The first-order chi connectivity index (χ1) is 12.0. The van der Waals surface area contributed by atoms with Crippen molar-refractivity contribution in [3.63, 3.8) is 0 Å². The summed E-state index contributed by atoms with van der Waals surface area (Å²) in [5.74, 6) is -0.515. The van der Waals surface area contributed by atoms with Crippen molar-refractivity contribution in [2.45, 2.75) is 6.67 Å². The molecule has 2 aromatic rings. The molecular weight excluding hydrogens is 362 g/mol. The lowest BCUT2D eigenvalue weighted by Crippen LogP contribution is -2.26. The summed E-state index contributed by atoms with van der Waals surface area (Å²) in [5.41, 5.74) is 8.26. The summed E-state index contributed by atoms with van der Waals surface area (Å²) >= 11 is 6.16. The van der Waals surface area contributed by atoms with Crippen LogP contribution in [0.15, 0.2) is 48.0 Å². The van der Waals surface area contributed by atoms with Gasteiger partial charge in [-0.2, -0.15) is 0 Å². The Kier molecular flexibility index (Phi) is 5.38. The normalized spacial score (nSPS) is 14.7. The molecule has 25 heavy (non-hydrogen) atoms. The van der Waals surface area contributed by atoms with Crippen LogP contribution in [0.25, 0.3) is 5.31 Å². The predicted octanol–water partition coefficient (Wildman–Crippen LogP) is 3.80. The van der Waals surface area contributed by atoms with E-state index in [9.17, 15) is 9.18 Å². The summed E-state index contributed by atoms with van der Waals surface area (Å²) in [6, 6.07) is 12.5. The Morgan fingerprint density at radius 2 is 2.16 bits per heavy atom. The van der Waals surface area contributed by atoms with Gasteiger partial charge in [0.25, 0.3) is 0 Å². The molecule has 1 unspecified atom stereocenters. The van der Waals surface area contributed by atoms with Crippen LogP contribution < -0.4 is 16.4 Å². The Balaban J connectivity index is 2.21. The number of anilines is 1. The van der Waals surface area contributed by atoms with E-state index in [1.165, 1.54) is 0 Å². The number of nitrogens with two attached hydrogens (primary N) is 1.